The molecule has 0 rings (SSSR count). The molecule has 3 N–H and O–H groups in total. The van der Waals surface area contributed by atoms with Crippen LogP contribution in [0.3, 0.4) is 0 Å². The highest BCUT2D eigenvalue weighted by molar-refractivity contribution is 7.47. The second-order valence-corrected chi connectivity index (χ2v) is 35.1. The average molecular weight is 1550 g/mol. The highest BCUT2D eigenvalue weighted by atomic mass is 31.2. The molecule has 7 atom stereocenters. The van der Waals surface area contributed by atoms with E-state index in [1.165, 1.54) is 263 Å². The molecule has 0 aromatic heterocycles. The second-order valence-electron chi connectivity index (χ2n) is 32.2. The van der Waals surface area contributed by atoms with Crippen molar-refractivity contribution in [3.63, 3.8) is 0 Å². The predicted molar refractivity (Wildman–Crippen MR) is 437 cm³/mol. The van der Waals surface area contributed by atoms with Gasteiger partial charge in [0, 0.05) is 25.7 Å². The Balaban J connectivity index is 5.22. The number of carbonyl (C=O) groups is 4. The van der Waals surface area contributed by atoms with Crippen LogP contribution in [0.5, 0.6) is 0 Å². The molecule has 0 heterocycles. The molecule has 0 aliphatic carbocycles. The molecule has 0 aromatic carbocycles. The van der Waals surface area contributed by atoms with E-state index in [1.54, 1.807) is 0 Å². The maximum Gasteiger partial charge on any atom is 0.472 e. The molecule has 19 heteroatoms. The van der Waals surface area contributed by atoms with Crippen molar-refractivity contribution in [2.24, 2.45) is 17.8 Å². The van der Waals surface area contributed by atoms with Gasteiger partial charge in [-0.15, -0.1) is 0 Å². The molecule has 0 aromatic rings. The molecular weight excluding hydrogens is 1380 g/mol. The summed E-state index contributed by atoms with van der Waals surface area (Å²) >= 11 is 0. The number of aliphatic hydroxyl groups is 1. The summed E-state index contributed by atoms with van der Waals surface area (Å²) in [6.07, 6.45) is 68.2. The Bertz CT molecular complexity index is 2050. The van der Waals surface area contributed by atoms with Gasteiger partial charge in [-0.1, -0.05) is 408 Å². The van der Waals surface area contributed by atoms with Crippen molar-refractivity contribution >= 4 is 39.5 Å². The Kier molecular flexibility index (Phi) is 75.6. The summed E-state index contributed by atoms with van der Waals surface area (Å²) in [5.41, 5.74) is 0. The summed E-state index contributed by atoms with van der Waals surface area (Å²) in [4.78, 5) is 73.2. The number of unbranched alkanes of at least 4 members (excludes halogenated alkanes) is 51. The Labute approximate surface area is 651 Å². The van der Waals surface area contributed by atoms with Gasteiger partial charge in [0.25, 0.3) is 0 Å². The van der Waals surface area contributed by atoms with Gasteiger partial charge < -0.3 is 33.8 Å². The molecule has 0 radical (unpaired) electrons. The third-order valence-electron chi connectivity index (χ3n) is 21.1. The summed E-state index contributed by atoms with van der Waals surface area (Å²) in [6.45, 7) is 12.0. The van der Waals surface area contributed by atoms with Crippen LogP contribution in [0, 0.1) is 17.8 Å². The smallest absolute Gasteiger partial charge is 0.462 e. The molecule has 0 saturated heterocycles. The van der Waals surface area contributed by atoms with Crippen LogP contribution in [0.4, 0.5) is 0 Å². The molecule has 630 valence electrons. The summed E-state index contributed by atoms with van der Waals surface area (Å²) in [6, 6.07) is 0. The molecule has 0 aliphatic heterocycles. The molecule has 0 saturated carbocycles. The van der Waals surface area contributed by atoms with Crippen LogP contribution in [-0.4, -0.2) is 96.7 Å². The number of aliphatic hydroxyl groups excluding tert-OH is 1. The van der Waals surface area contributed by atoms with Crippen molar-refractivity contribution in [1.29, 1.82) is 0 Å². The lowest BCUT2D eigenvalue weighted by molar-refractivity contribution is -0.161. The molecule has 0 spiro atoms. The van der Waals surface area contributed by atoms with E-state index in [4.69, 9.17) is 37.0 Å². The number of esters is 4. The van der Waals surface area contributed by atoms with Gasteiger partial charge in [0.05, 0.1) is 26.4 Å². The van der Waals surface area contributed by atoms with E-state index in [0.29, 0.717) is 31.6 Å². The maximum atomic E-state index is 13.2. The van der Waals surface area contributed by atoms with Crippen LogP contribution >= 0.6 is 15.6 Å². The predicted octanol–water partition coefficient (Wildman–Crippen LogP) is 26.5. The number of ether oxygens (including phenoxy) is 4. The van der Waals surface area contributed by atoms with E-state index in [-0.39, 0.29) is 25.7 Å². The molecule has 0 fully saturated rings. The van der Waals surface area contributed by atoms with E-state index in [0.717, 1.165) is 108 Å². The number of rotatable bonds is 85. The topological polar surface area (TPSA) is 237 Å². The van der Waals surface area contributed by atoms with Crippen molar-refractivity contribution in [2.75, 3.05) is 39.6 Å². The summed E-state index contributed by atoms with van der Waals surface area (Å²) in [7, 11) is -9.93. The van der Waals surface area contributed by atoms with Crippen molar-refractivity contribution in [2.45, 2.75) is 478 Å². The molecule has 4 unspecified atom stereocenters. The summed E-state index contributed by atoms with van der Waals surface area (Å²) in [5, 5.41) is 10.7. The summed E-state index contributed by atoms with van der Waals surface area (Å²) in [5.74, 6) is 0.273. The van der Waals surface area contributed by atoms with E-state index in [1.807, 2.05) is 0 Å². The largest absolute Gasteiger partial charge is 0.472 e. The lowest BCUT2D eigenvalue weighted by Gasteiger charge is -2.21. The molecular formula is C87H170O17P2. The lowest BCUT2D eigenvalue weighted by Crippen LogP contribution is -2.30. The van der Waals surface area contributed by atoms with Gasteiger partial charge in [-0.05, 0) is 43.4 Å². The first kappa shape index (κ1) is 104. The monoisotopic (exact) mass is 1550 g/mol. The normalized spacial score (nSPS) is 14.4. The quantitative estimate of drug-likeness (QED) is 0.0222. The minimum atomic E-state index is -4.97. The molecule has 0 amide bonds. The molecule has 17 nitrogen and oxygen atoms in total. The molecule has 0 bridgehead atoms. The Morgan fingerprint density at radius 3 is 0.717 bits per heavy atom. The van der Waals surface area contributed by atoms with Crippen LogP contribution in [0.25, 0.3) is 0 Å². The highest BCUT2D eigenvalue weighted by Gasteiger charge is 2.31. The van der Waals surface area contributed by atoms with Crippen molar-refractivity contribution in [3.8, 4) is 0 Å². The lowest BCUT2D eigenvalue weighted by atomic mass is 9.99. The van der Waals surface area contributed by atoms with Crippen molar-refractivity contribution in [3.05, 3.63) is 0 Å². The highest BCUT2D eigenvalue weighted by Crippen LogP contribution is 2.45. The summed E-state index contributed by atoms with van der Waals surface area (Å²) < 4.78 is 68.9. The van der Waals surface area contributed by atoms with Crippen LogP contribution in [0.2, 0.25) is 0 Å². The number of hydrogen-bond donors (Lipinski definition) is 3. The van der Waals surface area contributed by atoms with Gasteiger partial charge >= 0.3 is 39.5 Å². The first-order valence-corrected chi connectivity index (χ1v) is 47.9. The number of hydrogen-bond acceptors (Lipinski definition) is 15. The average Bonchev–Trinajstić information content (AvgIpc) is 0.910. The number of phosphoric ester groups is 2. The van der Waals surface area contributed by atoms with Gasteiger partial charge in [-0.25, -0.2) is 9.13 Å². The van der Waals surface area contributed by atoms with Crippen LogP contribution in [-0.2, 0) is 65.4 Å². The first-order valence-electron chi connectivity index (χ1n) is 44.9. The Hall–Kier alpha value is -1.94. The maximum absolute atomic E-state index is 13.2. The zero-order valence-electron chi connectivity index (χ0n) is 69.9. The van der Waals surface area contributed by atoms with Crippen LogP contribution < -0.4 is 0 Å². The van der Waals surface area contributed by atoms with Crippen molar-refractivity contribution in [1.82, 2.24) is 0 Å². The second kappa shape index (κ2) is 77.0. The van der Waals surface area contributed by atoms with E-state index < -0.39 is 97.5 Å². The minimum absolute atomic E-state index is 0.106. The number of carbonyl (C=O) groups excluding carboxylic acids is 4. The Morgan fingerprint density at radius 2 is 0.481 bits per heavy atom. The van der Waals surface area contributed by atoms with Gasteiger partial charge in [0.1, 0.15) is 19.3 Å². The van der Waals surface area contributed by atoms with Crippen LogP contribution in [0.1, 0.15) is 459 Å². The molecule has 106 heavy (non-hydrogen) atoms. The Morgan fingerprint density at radius 1 is 0.274 bits per heavy atom. The standard InChI is InChI=1S/C87H170O17P2/c1-8-11-12-13-14-15-16-17-18-19-20-21-25-28-31-34-40-47-54-61-68-84(89)97-74-82(103-86(91)70-63-56-48-41-35-32-29-26-23-22-24-27-30-33-38-45-52-59-66-79(6)9-2)76-101-105(93,94)99-72-81(88)73-100-106(95,96)102-77-83(75-98-85(90)69-62-55-50-43-44-51-58-65-78(4)5)104-87(92)71-64-57-49-42-37-36-39-46-53-60-67-80(7)10-3/h78-83,88H,8-77H2,1-7H3,(H,93,94)(H,95,96)/t79?,80?,81-,82-,83-/m1/s1. The van der Waals surface area contributed by atoms with Gasteiger partial charge in [-0.3, -0.25) is 37.3 Å². The molecule has 0 aliphatic rings. The third-order valence-corrected chi connectivity index (χ3v) is 23.0. The third kappa shape index (κ3) is 77.4. The van der Waals surface area contributed by atoms with Gasteiger partial charge in [-0.2, -0.15) is 0 Å². The SMILES string of the molecule is CCCCCCCCCCCCCCCCCCCCCCC(=O)OC[C@H](COP(=O)(O)OC[C@@H](O)COP(=O)(O)OC[C@@H](COC(=O)CCCCCCCCCC(C)C)OC(=O)CCCCCCCCCCCCC(C)CC)OC(=O)CCCCCCCCCCCCCCCCCCCCC(C)CC. The minimum Gasteiger partial charge on any atom is -0.462 e. The fraction of sp³-hybridized carbons (Fsp3) is 0.954. The van der Waals surface area contributed by atoms with E-state index >= 15 is 0 Å². The van der Waals surface area contributed by atoms with Crippen LogP contribution in [0.15, 0.2) is 0 Å². The van der Waals surface area contributed by atoms with Crippen molar-refractivity contribution < 1.29 is 80.2 Å². The van der Waals surface area contributed by atoms with Gasteiger partial charge in [0.2, 0.25) is 0 Å². The zero-order chi connectivity index (χ0) is 77.9. The zero-order valence-corrected chi connectivity index (χ0v) is 71.7. The number of phosphoric acid groups is 2. The first-order chi connectivity index (χ1) is 51.3. The fourth-order valence-corrected chi connectivity index (χ4v) is 15.1. The van der Waals surface area contributed by atoms with E-state index in [2.05, 4.69) is 48.5 Å². The van der Waals surface area contributed by atoms with E-state index in [9.17, 15) is 43.2 Å². The fourth-order valence-electron chi connectivity index (χ4n) is 13.5. The van der Waals surface area contributed by atoms with Gasteiger partial charge in [0.15, 0.2) is 12.2 Å².